The predicted octanol–water partition coefficient (Wildman–Crippen LogP) is 8.33. The summed E-state index contributed by atoms with van der Waals surface area (Å²) in [5, 5.41) is 15.0. The summed E-state index contributed by atoms with van der Waals surface area (Å²) in [4.78, 5) is 24.4. The monoisotopic (exact) mass is 582 g/mol. The van der Waals surface area contributed by atoms with Crippen LogP contribution < -0.4 is 15.0 Å². The van der Waals surface area contributed by atoms with Gasteiger partial charge < -0.3 is 15.2 Å². The molecule has 1 atom stereocenters. The Kier molecular flexibility index (Phi) is 8.50. The molecule has 0 saturated heterocycles. The van der Waals surface area contributed by atoms with Gasteiger partial charge in [0, 0.05) is 23.1 Å². The molecular weight excluding hydrogens is 548 g/mol. The number of rotatable bonds is 8. The minimum Gasteiger partial charge on any atom is -0.506 e. The second kappa shape index (κ2) is 12.2. The van der Waals surface area contributed by atoms with Crippen molar-refractivity contribution in [2.45, 2.75) is 53.2 Å². The molecule has 4 aromatic rings. The smallest absolute Gasteiger partial charge is 0.279 e. The number of para-hydroxylation sites is 1. The number of anilines is 2. The number of hydrogen-bond donors (Lipinski definition) is 2. The first-order chi connectivity index (χ1) is 20.2. The van der Waals surface area contributed by atoms with Gasteiger partial charge in [0.2, 0.25) is 0 Å². The Morgan fingerprint density at radius 3 is 2.57 bits per heavy atom. The number of benzene rings is 3. The molecule has 7 nitrogen and oxygen atoms in total. The van der Waals surface area contributed by atoms with Crippen molar-refractivity contribution in [2.24, 2.45) is 5.41 Å². The van der Waals surface area contributed by atoms with Crippen LogP contribution in [-0.4, -0.2) is 21.0 Å². The van der Waals surface area contributed by atoms with E-state index >= 15 is 0 Å². The van der Waals surface area contributed by atoms with E-state index in [4.69, 9.17) is 16.3 Å². The number of allylic oxidation sites excluding steroid dienone is 1. The van der Waals surface area contributed by atoms with E-state index in [1.54, 1.807) is 23.1 Å². The maximum atomic E-state index is 14.3. The van der Waals surface area contributed by atoms with E-state index in [1.165, 1.54) is 18.6 Å². The number of fused-ring (bicyclic) bond motifs is 1. The van der Waals surface area contributed by atoms with Crippen molar-refractivity contribution < 1.29 is 14.6 Å². The summed E-state index contributed by atoms with van der Waals surface area (Å²) in [6.07, 6.45) is 6.11. The van der Waals surface area contributed by atoms with E-state index in [1.807, 2.05) is 55.5 Å². The van der Waals surface area contributed by atoms with Crippen molar-refractivity contribution in [1.82, 2.24) is 9.97 Å². The van der Waals surface area contributed by atoms with Crippen molar-refractivity contribution in [2.75, 3.05) is 10.2 Å². The Bertz CT molecular complexity index is 1610. The van der Waals surface area contributed by atoms with Crippen LogP contribution >= 0.6 is 11.6 Å². The van der Waals surface area contributed by atoms with Gasteiger partial charge >= 0.3 is 0 Å². The zero-order chi connectivity index (χ0) is 29.9. The van der Waals surface area contributed by atoms with Crippen molar-refractivity contribution in [3.8, 4) is 11.5 Å². The second-order valence-corrected chi connectivity index (χ2v) is 11.7. The molecule has 5 rings (SSSR count). The maximum absolute atomic E-state index is 14.3. The van der Waals surface area contributed by atoms with E-state index in [2.05, 4.69) is 36.1 Å². The number of aromatic nitrogens is 2. The Morgan fingerprint density at radius 1 is 1.10 bits per heavy atom. The molecular formula is C34H35ClN4O3. The number of amides is 1. The molecule has 1 aliphatic rings. The number of nitrogens with zero attached hydrogens (tertiary/aromatic N) is 3. The third kappa shape index (κ3) is 6.11. The van der Waals surface area contributed by atoms with E-state index < -0.39 is 6.04 Å². The van der Waals surface area contributed by atoms with Crippen LogP contribution in [0, 0.1) is 5.41 Å². The van der Waals surface area contributed by atoms with Crippen molar-refractivity contribution in [3.05, 3.63) is 118 Å². The Labute approximate surface area is 251 Å². The summed E-state index contributed by atoms with van der Waals surface area (Å²) in [7, 11) is 0. The molecule has 1 amide bonds. The highest BCUT2D eigenvalue weighted by molar-refractivity contribution is 6.31. The van der Waals surface area contributed by atoms with Crippen LogP contribution in [0.3, 0.4) is 0 Å². The number of ether oxygens (including phenoxy) is 1. The maximum Gasteiger partial charge on any atom is 0.279 e. The minimum atomic E-state index is -0.603. The van der Waals surface area contributed by atoms with E-state index in [9.17, 15) is 9.90 Å². The summed E-state index contributed by atoms with van der Waals surface area (Å²) < 4.78 is 6.04. The second-order valence-electron chi connectivity index (χ2n) is 11.3. The number of phenols is 1. The summed E-state index contributed by atoms with van der Waals surface area (Å²) in [5.41, 5.74) is 4.71. The molecule has 0 fully saturated rings. The van der Waals surface area contributed by atoms with Crippen LogP contribution in [0.4, 0.5) is 11.4 Å². The molecule has 0 bridgehead atoms. The van der Waals surface area contributed by atoms with Gasteiger partial charge in [-0.1, -0.05) is 81.3 Å². The quantitative estimate of drug-likeness (QED) is 0.203. The standard InChI is InChI=1S/C34H35ClN4O3/c1-5-34(3,4)19-27-22(2)32(25-15-14-24(18-26(25)35)42-21-23-10-7-6-8-11-23)39(33(41)28-20-36-16-17-37-28)29-12-9-13-30(40)31(29)38-27/h6-18,20,32,38,40H,5,19,21H2,1-4H3. The molecule has 8 heteroatoms. The highest BCUT2D eigenvalue weighted by atomic mass is 35.5. The predicted molar refractivity (Wildman–Crippen MR) is 167 cm³/mol. The summed E-state index contributed by atoms with van der Waals surface area (Å²) in [5.74, 6) is 0.302. The van der Waals surface area contributed by atoms with Gasteiger partial charge in [-0.15, -0.1) is 0 Å². The molecule has 1 aliphatic heterocycles. The molecule has 3 aromatic carbocycles. The molecule has 0 radical (unpaired) electrons. The normalized spacial score (nSPS) is 15.1. The van der Waals surface area contributed by atoms with Crippen LogP contribution in [0.1, 0.15) is 68.2 Å². The number of phenolic OH excluding ortho intramolecular Hbond substituents is 1. The summed E-state index contributed by atoms with van der Waals surface area (Å²) in [6, 6.07) is 20.0. The van der Waals surface area contributed by atoms with Crippen molar-refractivity contribution in [1.29, 1.82) is 0 Å². The first-order valence-electron chi connectivity index (χ1n) is 14.0. The number of hydrogen-bond acceptors (Lipinski definition) is 6. The fourth-order valence-electron chi connectivity index (χ4n) is 5.08. The van der Waals surface area contributed by atoms with Gasteiger partial charge in [0.15, 0.2) is 0 Å². The third-order valence-electron chi connectivity index (χ3n) is 7.83. The SMILES string of the molecule is CCC(C)(C)CC1=C(C)C(c2ccc(OCc3ccccc3)cc2Cl)N(C(=O)c2cnccn2)c2cccc(O)c2N1. The molecule has 2 heterocycles. The van der Waals surface area contributed by atoms with Crippen LogP contribution in [-0.2, 0) is 6.61 Å². The molecule has 42 heavy (non-hydrogen) atoms. The number of nitrogens with one attached hydrogen (secondary N) is 1. The minimum absolute atomic E-state index is 0.0400. The van der Waals surface area contributed by atoms with Crippen LogP contribution in [0.2, 0.25) is 5.02 Å². The molecule has 1 aromatic heterocycles. The Morgan fingerprint density at radius 2 is 1.88 bits per heavy atom. The van der Waals surface area contributed by atoms with Crippen molar-refractivity contribution >= 4 is 28.9 Å². The summed E-state index contributed by atoms with van der Waals surface area (Å²) in [6.45, 7) is 8.98. The first-order valence-corrected chi connectivity index (χ1v) is 14.4. The topological polar surface area (TPSA) is 87.6 Å². The molecule has 0 aliphatic carbocycles. The molecule has 0 spiro atoms. The van der Waals surface area contributed by atoms with Crippen LogP contribution in [0.25, 0.3) is 0 Å². The zero-order valence-electron chi connectivity index (χ0n) is 24.3. The lowest BCUT2D eigenvalue weighted by molar-refractivity contribution is 0.0974. The average molecular weight is 583 g/mol. The molecule has 0 saturated carbocycles. The lowest BCUT2D eigenvalue weighted by Gasteiger charge is -2.33. The highest BCUT2D eigenvalue weighted by Gasteiger charge is 2.37. The average Bonchev–Trinajstić information content (AvgIpc) is 3.11. The fourth-order valence-corrected chi connectivity index (χ4v) is 5.36. The number of carbonyl (C=O) groups is 1. The fraction of sp³-hybridized carbons (Fsp3) is 0.265. The lowest BCUT2D eigenvalue weighted by Crippen LogP contribution is -2.36. The van der Waals surface area contributed by atoms with E-state index in [0.717, 1.165) is 28.8 Å². The largest absolute Gasteiger partial charge is 0.506 e. The van der Waals surface area contributed by atoms with Gasteiger partial charge in [-0.25, -0.2) is 4.98 Å². The lowest BCUT2D eigenvalue weighted by atomic mass is 9.83. The molecule has 2 N–H and O–H groups in total. The van der Waals surface area contributed by atoms with Crippen molar-refractivity contribution in [3.63, 3.8) is 0 Å². The van der Waals surface area contributed by atoms with E-state index in [0.29, 0.717) is 35.2 Å². The highest BCUT2D eigenvalue weighted by Crippen LogP contribution is 2.48. The zero-order valence-corrected chi connectivity index (χ0v) is 25.0. The number of aromatic hydroxyl groups is 1. The van der Waals surface area contributed by atoms with E-state index in [-0.39, 0.29) is 22.8 Å². The van der Waals surface area contributed by atoms with Crippen LogP contribution in [0.15, 0.2) is 96.6 Å². The van der Waals surface area contributed by atoms with Gasteiger partial charge in [-0.05, 0) is 59.7 Å². The summed E-state index contributed by atoms with van der Waals surface area (Å²) >= 11 is 7.01. The van der Waals surface area contributed by atoms with Crippen LogP contribution in [0.5, 0.6) is 11.5 Å². The number of carbonyl (C=O) groups excluding carboxylic acids is 1. The van der Waals surface area contributed by atoms with Gasteiger partial charge in [0.05, 0.1) is 17.9 Å². The Balaban J connectivity index is 1.66. The van der Waals surface area contributed by atoms with Gasteiger partial charge in [0.1, 0.15) is 29.5 Å². The third-order valence-corrected chi connectivity index (χ3v) is 8.16. The first kappa shape index (κ1) is 29.1. The van der Waals surface area contributed by atoms with Gasteiger partial charge in [-0.3, -0.25) is 14.7 Å². The Hall–Kier alpha value is -4.36. The van der Waals surface area contributed by atoms with Gasteiger partial charge in [0.25, 0.3) is 5.91 Å². The molecule has 1 unspecified atom stereocenters. The van der Waals surface area contributed by atoms with Gasteiger partial charge in [-0.2, -0.15) is 0 Å². The molecule has 216 valence electrons. The number of halogens is 1.